The number of hydrogen-bond donors (Lipinski definition) is 1. The number of hydrazine groups is 1. The molecule has 0 aliphatic carbocycles. The number of ether oxygens (including phenoxy) is 6. The molecule has 1 N–H and O–H groups in total. The maximum Gasteiger partial charge on any atom is 0.525 e. The van der Waals surface area contributed by atoms with E-state index in [-0.39, 0.29) is 19.6 Å². The standard InChI is InChI=1S/C18H34F5N3O6/c1-9-11-29-16(32-18(21,22)23)15(28-10-2,30-12(3)4)13(27-8)26(25(6)7)17(16,24-5)31-14(19)20/h12-14,24H,9-11H2,1-8H3. The van der Waals surface area contributed by atoms with Crippen LogP contribution in [0.4, 0.5) is 22.0 Å². The lowest BCUT2D eigenvalue weighted by Crippen LogP contribution is -2.77. The van der Waals surface area contributed by atoms with Crippen molar-refractivity contribution in [3.05, 3.63) is 0 Å². The first-order valence-electron chi connectivity index (χ1n) is 10.1. The Morgan fingerprint density at radius 2 is 1.69 bits per heavy atom. The number of rotatable bonds is 13. The first-order chi connectivity index (χ1) is 14.7. The van der Waals surface area contributed by atoms with Gasteiger partial charge in [0.2, 0.25) is 0 Å². The molecule has 0 saturated carbocycles. The van der Waals surface area contributed by atoms with E-state index < -0.39 is 42.7 Å². The molecule has 1 aliphatic heterocycles. The fraction of sp³-hybridized carbons (Fsp3) is 1.00. The summed E-state index contributed by atoms with van der Waals surface area (Å²) in [4.78, 5) is 0. The van der Waals surface area contributed by atoms with Crippen LogP contribution < -0.4 is 5.32 Å². The molecular weight excluding hydrogens is 449 g/mol. The highest BCUT2D eigenvalue weighted by molar-refractivity contribution is 5.14. The number of halogens is 5. The molecule has 1 saturated heterocycles. The van der Waals surface area contributed by atoms with Crippen LogP contribution in [0.5, 0.6) is 0 Å². The van der Waals surface area contributed by atoms with Crippen molar-refractivity contribution in [1.29, 1.82) is 0 Å². The molecule has 0 aromatic heterocycles. The van der Waals surface area contributed by atoms with Crippen molar-refractivity contribution in [2.75, 3.05) is 41.5 Å². The minimum absolute atomic E-state index is 0.208. The molecule has 9 nitrogen and oxygen atoms in total. The molecule has 1 rings (SSSR count). The lowest BCUT2D eigenvalue weighted by atomic mass is 10.0. The molecule has 14 heteroatoms. The van der Waals surface area contributed by atoms with Crippen LogP contribution in [-0.4, -0.2) is 94.2 Å². The summed E-state index contributed by atoms with van der Waals surface area (Å²) in [6.07, 6.45) is -7.54. The van der Waals surface area contributed by atoms with Crippen LogP contribution in [0.2, 0.25) is 0 Å². The Kier molecular flexibility index (Phi) is 10.2. The number of methoxy groups -OCH3 is 1. The Bertz CT molecular complexity index is 588. The number of likely N-dealkylation sites (N-methyl/N-ethyl adjacent to an activating group) is 1. The van der Waals surface area contributed by atoms with E-state index in [2.05, 4.69) is 10.1 Å². The third-order valence-corrected chi connectivity index (χ3v) is 4.57. The van der Waals surface area contributed by atoms with Gasteiger partial charge < -0.3 is 18.9 Å². The zero-order valence-electron chi connectivity index (χ0n) is 19.6. The summed E-state index contributed by atoms with van der Waals surface area (Å²) in [6, 6.07) is 0. The van der Waals surface area contributed by atoms with Gasteiger partial charge in [-0.05, 0) is 34.2 Å². The summed E-state index contributed by atoms with van der Waals surface area (Å²) < 4.78 is 101. The maximum absolute atomic E-state index is 13.9. The topological polar surface area (TPSA) is 73.9 Å². The molecule has 0 aromatic carbocycles. The average Bonchev–Trinajstić information content (AvgIpc) is 2.81. The van der Waals surface area contributed by atoms with E-state index in [4.69, 9.17) is 23.7 Å². The lowest BCUT2D eigenvalue weighted by Gasteiger charge is -2.50. The van der Waals surface area contributed by atoms with Crippen LogP contribution >= 0.6 is 0 Å². The highest BCUT2D eigenvalue weighted by Gasteiger charge is 2.85. The fourth-order valence-electron chi connectivity index (χ4n) is 3.90. The Balaban J connectivity index is 4.18. The van der Waals surface area contributed by atoms with Crippen molar-refractivity contribution in [3.63, 3.8) is 0 Å². The summed E-state index contributed by atoms with van der Waals surface area (Å²) in [6.45, 7) is 2.05. The number of nitrogens with one attached hydrogen (secondary N) is 1. The average molecular weight is 483 g/mol. The second kappa shape index (κ2) is 11.1. The van der Waals surface area contributed by atoms with Gasteiger partial charge >= 0.3 is 13.0 Å². The maximum atomic E-state index is 13.9. The molecule has 192 valence electrons. The van der Waals surface area contributed by atoms with Crippen LogP contribution in [0.1, 0.15) is 34.1 Å². The van der Waals surface area contributed by atoms with Gasteiger partial charge in [-0.2, -0.15) is 13.8 Å². The number of nitrogens with zero attached hydrogens (tertiary/aromatic N) is 2. The smallest absolute Gasteiger partial charge is 0.359 e. The van der Waals surface area contributed by atoms with E-state index >= 15 is 0 Å². The van der Waals surface area contributed by atoms with Crippen LogP contribution in [0, 0.1) is 0 Å². The van der Waals surface area contributed by atoms with Gasteiger partial charge in [-0.15, -0.1) is 13.2 Å². The third kappa shape index (κ3) is 5.18. The molecule has 0 bridgehead atoms. The number of hydrogen-bond acceptors (Lipinski definition) is 9. The molecule has 32 heavy (non-hydrogen) atoms. The van der Waals surface area contributed by atoms with E-state index in [1.165, 1.54) is 39.9 Å². The molecule has 0 aromatic rings. The first kappa shape index (κ1) is 29.3. The third-order valence-electron chi connectivity index (χ3n) is 4.57. The second-order valence-electron chi connectivity index (χ2n) is 7.33. The summed E-state index contributed by atoms with van der Waals surface area (Å²) in [5, 5.41) is 4.53. The zero-order valence-corrected chi connectivity index (χ0v) is 19.6. The van der Waals surface area contributed by atoms with E-state index in [1.54, 1.807) is 6.92 Å². The van der Waals surface area contributed by atoms with Crippen LogP contribution in [-0.2, 0) is 28.4 Å². The summed E-state index contributed by atoms with van der Waals surface area (Å²) in [5.74, 6) is -8.54. The zero-order chi connectivity index (χ0) is 25.0. The van der Waals surface area contributed by atoms with Crippen molar-refractivity contribution in [3.8, 4) is 0 Å². The van der Waals surface area contributed by atoms with Crippen LogP contribution in [0.3, 0.4) is 0 Å². The van der Waals surface area contributed by atoms with Crippen LogP contribution in [0.25, 0.3) is 0 Å². The first-order valence-corrected chi connectivity index (χ1v) is 10.1. The van der Waals surface area contributed by atoms with Gasteiger partial charge in [0.05, 0.1) is 12.7 Å². The van der Waals surface area contributed by atoms with E-state index in [0.29, 0.717) is 0 Å². The van der Waals surface area contributed by atoms with Gasteiger partial charge in [-0.1, -0.05) is 6.92 Å². The molecule has 1 fully saturated rings. The van der Waals surface area contributed by atoms with E-state index in [1.807, 2.05) is 0 Å². The minimum Gasteiger partial charge on any atom is -0.359 e. The van der Waals surface area contributed by atoms with E-state index in [9.17, 15) is 22.0 Å². The van der Waals surface area contributed by atoms with Gasteiger partial charge in [0, 0.05) is 27.8 Å². The summed E-state index contributed by atoms with van der Waals surface area (Å²) >= 11 is 0. The second-order valence-corrected chi connectivity index (χ2v) is 7.33. The Labute approximate surface area is 184 Å². The molecule has 1 heterocycles. The predicted molar refractivity (Wildman–Crippen MR) is 102 cm³/mol. The molecule has 0 spiro atoms. The van der Waals surface area contributed by atoms with Gasteiger partial charge in [0.15, 0.2) is 6.23 Å². The highest BCUT2D eigenvalue weighted by Crippen LogP contribution is 2.57. The minimum atomic E-state index is -5.38. The van der Waals surface area contributed by atoms with Crippen molar-refractivity contribution in [2.24, 2.45) is 0 Å². The van der Waals surface area contributed by atoms with Crippen molar-refractivity contribution in [1.82, 2.24) is 15.3 Å². The monoisotopic (exact) mass is 483 g/mol. The van der Waals surface area contributed by atoms with Crippen molar-refractivity contribution < 1.29 is 50.4 Å². The quantitative estimate of drug-likeness (QED) is 0.314. The molecule has 0 amide bonds. The van der Waals surface area contributed by atoms with Crippen LogP contribution in [0.15, 0.2) is 0 Å². The van der Waals surface area contributed by atoms with Gasteiger partial charge in [0.1, 0.15) is 0 Å². The summed E-state index contributed by atoms with van der Waals surface area (Å²) in [7, 11) is 5.06. The lowest BCUT2D eigenvalue weighted by molar-refractivity contribution is -0.524. The fourth-order valence-corrected chi connectivity index (χ4v) is 3.90. The van der Waals surface area contributed by atoms with Gasteiger partial charge in [-0.3, -0.25) is 10.1 Å². The SMILES string of the molecule is CCCOC1(OC(F)(F)F)C(OCC)(OC(C)C)C(OC)N(N(C)C)C1(NC)OC(F)F. The van der Waals surface area contributed by atoms with Crippen molar-refractivity contribution >= 4 is 0 Å². The van der Waals surface area contributed by atoms with Gasteiger partial charge in [-0.25, -0.2) is 9.75 Å². The molecular formula is C18H34F5N3O6. The Morgan fingerprint density at radius 1 is 1.09 bits per heavy atom. The molecule has 0 radical (unpaired) electrons. The number of alkyl halides is 5. The molecule has 1 aliphatic rings. The predicted octanol–water partition coefficient (Wildman–Crippen LogP) is 2.68. The normalized spacial score (nSPS) is 32.1. The van der Waals surface area contributed by atoms with E-state index in [0.717, 1.165) is 19.2 Å². The molecule has 4 unspecified atom stereocenters. The molecule has 4 atom stereocenters. The largest absolute Gasteiger partial charge is 0.525 e. The Hall–Kier alpha value is -0.710. The van der Waals surface area contributed by atoms with Crippen molar-refractivity contribution in [2.45, 2.75) is 76.8 Å². The summed E-state index contributed by atoms with van der Waals surface area (Å²) in [5.41, 5.74) is 0. The highest BCUT2D eigenvalue weighted by atomic mass is 19.4. The Morgan fingerprint density at radius 3 is 2.03 bits per heavy atom. The van der Waals surface area contributed by atoms with Gasteiger partial charge in [0.25, 0.3) is 17.4 Å².